The predicted molar refractivity (Wildman–Crippen MR) is 59.1 cm³/mol. The van der Waals surface area contributed by atoms with E-state index < -0.39 is 17.2 Å². The lowest BCUT2D eigenvalue weighted by molar-refractivity contribution is -0.134. The van der Waals surface area contributed by atoms with Crippen molar-refractivity contribution in [3.05, 3.63) is 0 Å². The van der Waals surface area contributed by atoms with Crippen LogP contribution >= 0.6 is 0 Å². The van der Waals surface area contributed by atoms with Gasteiger partial charge in [-0.3, -0.25) is 4.79 Å². The zero-order valence-corrected chi connectivity index (χ0v) is 9.70. The van der Waals surface area contributed by atoms with Crippen LogP contribution in [0.1, 0.15) is 39.5 Å². The molecule has 0 spiro atoms. The Morgan fingerprint density at radius 2 is 1.87 bits per heavy atom. The molecule has 1 amide bonds. The molecule has 15 heavy (non-hydrogen) atoms. The van der Waals surface area contributed by atoms with Crippen LogP contribution in [-0.2, 0) is 4.79 Å². The molecule has 1 atom stereocenters. The van der Waals surface area contributed by atoms with Crippen molar-refractivity contribution in [1.82, 2.24) is 0 Å². The van der Waals surface area contributed by atoms with Gasteiger partial charge in [0.1, 0.15) is 0 Å². The number of unbranched alkanes of at least 4 members (excludes halogenated alkanes) is 1. The minimum absolute atomic E-state index is 0.197. The smallest absolute Gasteiger partial charge is 0.224 e. The summed E-state index contributed by atoms with van der Waals surface area (Å²) in [5.41, 5.74) is 4.66. The lowest BCUT2D eigenvalue weighted by Crippen LogP contribution is -2.45. The minimum Gasteiger partial charge on any atom is -0.396 e. The third-order valence-corrected chi connectivity index (χ3v) is 3.32. The van der Waals surface area contributed by atoms with Crippen molar-refractivity contribution >= 4 is 5.91 Å². The summed E-state index contributed by atoms with van der Waals surface area (Å²) in [6.45, 7) is 3.51. The van der Waals surface area contributed by atoms with Crippen LogP contribution < -0.4 is 5.73 Å². The minimum atomic E-state index is -0.750. The van der Waals surface area contributed by atoms with Crippen LogP contribution in [0.15, 0.2) is 0 Å². The molecule has 0 fully saturated rings. The third-order valence-electron chi connectivity index (χ3n) is 3.32. The van der Waals surface area contributed by atoms with Crippen molar-refractivity contribution in [2.24, 2.45) is 17.1 Å². The summed E-state index contributed by atoms with van der Waals surface area (Å²) in [4.78, 5) is 11.5. The van der Waals surface area contributed by atoms with Gasteiger partial charge < -0.3 is 15.9 Å². The molecular weight excluding hydrogens is 194 g/mol. The van der Waals surface area contributed by atoms with Gasteiger partial charge in [-0.05, 0) is 12.8 Å². The Bertz CT molecular complexity index is 192. The summed E-state index contributed by atoms with van der Waals surface area (Å²) in [6.07, 6.45) is 3.06. The number of nitrogens with two attached hydrogens (primary N) is 1. The van der Waals surface area contributed by atoms with Crippen LogP contribution in [0.2, 0.25) is 0 Å². The molecule has 0 aliphatic rings. The molecule has 0 aliphatic carbocycles. The third kappa shape index (κ3) is 3.18. The molecule has 0 saturated carbocycles. The summed E-state index contributed by atoms with van der Waals surface area (Å²) in [7, 11) is 0. The fourth-order valence-corrected chi connectivity index (χ4v) is 2.07. The number of primary amides is 1. The lowest BCUT2D eigenvalue weighted by Gasteiger charge is -2.35. The van der Waals surface area contributed by atoms with E-state index in [1.54, 1.807) is 0 Å². The molecule has 0 saturated heterocycles. The maximum Gasteiger partial charge on any atom is 0.224 e. The van der Waals surface area contributed by atoms with Gasteiger partial charge in [-0.2, -0.15) is 0 Å². The number of rotatable bonds is 8. The summed E-state index contributed by atoms with van der Waals surface area (Å²) in [6, 6.07) is 0. The lowest BCUT2D eigenvalue weighted by atomic mass is 9.70. The first-order valence-corrected chi connectivity index (χ1v) is 5.60. The monoisotopic (exact) mass is 217 g/mol. The fraction of sp³-hybridized carbons (Fsp3) is 0.909. The molecule has 0 aliphatic heterocycles. The van der Waals surface area contributed by atoms with Gasteiger partial charge in [-0.25, -0.2) is 0 Å². The highest BCUT2D eigenvalue weighted by molar-refractivity contribution is 5.81. The van der Waals surface area contributed by atoms with Crippen LogP contribution in [-0.4, -0.2) is 29.3 Å². The Hall–Kier alpha value is -0.610. The molecule has 4 N–H and O–H groups in total. The molecule has 4 nitrogen and oxygen atoms in total. The van der Waals surface area contributed by atoms with Gasteiger partial charge in [0.15, 0.2) is 0 Å². The molecular formula is C11H23NO3. The molecule has 1 unspecified atom stereocenters. The molecule has 0 aromatic heterocycles. The van der Waals surface area contributed by atoms with E-state index in [0.29, 0.717) is 12.8 Å². The predicted octanol–water partition coefficient (Wildman–Crippen LogP) is 0.659. The molecule has 0 radical (unpaired) electrons. The van der Waals surface area contributed by atoms with Crippen molar-refractivity contribution < 1.29 is 15.0 Å². The first kappa shape index (κ1) is 14.4. The standard InChI is InChI=1S/C11H23NO3/c1-3-5-6-11(4-2,10(12)15)9(7-13)8-14/h9,13-14H,3-8H2,1-2H3,(H2,12,15). The maximum absolute atomic E-state index is 11.5. The summed E-state index contributed by atoms with van der Waals surface area (Å²) < 4.78 is 0. The van der Waals surface area contributed by atoms with Crippen LogP contribution in [0, 0.1) is 11.3 Å². The highest BCUT2D eigenvalue weighted by Gasteiger charge is 2.41. The maximum atomic E-state index is 11.5. The van der Waals surface area contributed by atoms with Gasteiger partial charge in [-0.1, -0.05) is 26.7 Å². The Morgan fingerprint density at radius 3 is 2.13 bits per heavy atom. The van der Waals surface area contributed by atoms with Crippen LogP contribution in [0.25, 0.3) is 0 Å². The Morgan fingerprint density at radius 1 is 1.33 bits per heavy atom. The zero-order valence-electron chi connectivity index (χ0n) is 9.70. The van der Waals surface area contributed by atoms with E-state index in [1.807, 2.05) is 13.8 Å². The van der Waals surface area contributed by atoms with E-state index >= 15 is 0 Å². The summed E-state index contributed by atoms with van der Waals surface area (Å²) >= 11 is 0. The van der Waals surface area contributed by atoms with Crippen molar-refractivity contribution in [2.75, 3.05) is 13.2 Å². The molecule has 0 aromatic carbocycles. The average molecular weight is 217 g/mol. The Balaban J connectivity index is 4.85. The van der Waals surface area contributed by atoms with Crippen LogP contribution in [0.3, 0.4) is 0 Å². The summed E-state index contributed by atoms with van der Waals surface area (Å²) in [5.74, 6) is -0.849. The molecule has 0 rings (SSSR count). The largest absolute Gasteiger partial charge is 0.396 e. The van der Waals surface area contributed by atoms with Gasteiger partial charge >= 0.3 is 0 Å². The van der Waals surface area contributed by atoms with Crippen LogP contribution in [0.5, 0.6) is 0 Å². The van der Waals surface area contributed by atoms with E-state index in [9.17, 15) is 15.0 Å². The quantitative estimate of drug-likeness (QED) is 0.558. The van der Waals surface area contributed by atoms with E-state index in [-0.39, 0.29) is 13.2 Å². The second kappa shape index (κ2) is 6.80. The summed E-state index contributed by atoms with van der Waals surface area (Å²) in [5, 5.41) is 18.3. The van der Waals surface area contributed by atoms with E-state index in [0.717, 1.165) is 12.8 Å². The van der Waals surface area contributed by atoms with Crippen molar-refractivity contribution in [2.45, 2.75) is 39.5 Å². The van der Waals surface area contributed by atoms with E-state index in [2.05, 4.69) is 0 Å². The Kier molecular flexibility index (Phi) is 6.52. The number of carbonyl (C=O) groups is 1. The molecule has 4 heteroatoms. The number of hydrogen-bond acceptors (Lipinski definition) is 3. The highest BCUT2D eigenvalue weighted by atomic mass is 16.3. The van der Waals surface area contributed by atoms with Gasteiger partial charge in [0.2, 0.25) is 5.91 Å². The molecule has 0 heterocycles. The number of aliphatic hydroxyl groups is 2. The fourth-order valence-electron chi connectivity index (χ4n) is 2.07. The molecule has 0 bridgehead atoms. The second-order valence-corrected chi connectivity index (χ2v) is 4.04. The van der Waals surface area contributed by atoms with E-state index in [1.165, 1.54) is 0 Å². The first-order chi connectivity index (χ1) is 7.08. The topological polar surface area (TPSA) is 83.6 Å². The van der Waals surface area contributed by atoms with Gasteiger partial charge in [-0.15, -0.1) is 0 Å². The number of hydrogen-bond donors (Lipinski definition) is 3. The van der Waals surface area contributed by atoms with Gasteiger partial charge in [0.25, 0.3) is 0 Å². The number of aliphatic hydroxyl groups excluding tert-OH is 2. The SMILES string of the molecule is CCCCC(CC)(C(N)=O)C(CO)CO. The highest BCUT2D eigenvalue weighted by Crippen LogP contribution is 2.36. The van der Waals surface area contributed by atoms with Gasteiger partial charge in [0, 0.05) is 19.1 Å². The van der Waals surface area contributed by atoms with Gasteiger partial charge in [0.05, 0.1) is 5.41 Å². The zero-order chi connectivity index (χ0) is 11.9. The van der Waals surface area contributed by atoms with Crippen molar-refractivity contribution in [3.63, 3.8) is 0 Å². The Labute approximate surface area is 91.5 Å². The molecule has 0 aromatic rings. The average Bonchev–Trinajstić information content (AvgIpc) is 2.24. The van der Waals surface area contributed by atoms with Crippen molar-refractivity contribution in [3.8, 4) is 0 Å². The molecule has 90 valence electrons. The van der Waals surface area contributed by atoms with Crippen molar-refractivity contribution in [1.29, 1.82) is 0 Å². The van der Waals surface area contributed by atoms with Crippen LogP contribution in [0.4, 0.5) is 0 Å². The first-order valence-electron chi connectivity index (χ1n) is 5.60. The number of amides is 1. The van der Waals surface area contributed by atoms with E-state index in [4.69, 9.17) is 5.73 Å². The number of carbonyl (C=O) groups excluding carboxylic acids is 1. The normalized spacial score (nSPS) is 15.3. The second-order valence-electron chi connectivity index (χ2n) is 4.04.